The number of carbonyl (C=O) groups is 2. The van der Waals surface area contributed by atoms with E-state index in [-0.39, 0.29) is 49.2 Å². The zero-order chi connectivity index (χ0) is 28.6. The lowest BCUT2D eigenvalue weighted by atomic mass is 9.98. The van der Waals surface area contributed by atoms with Gasteiger partial charge in [0.05, 0.1) is 19.3 Å². The van der Waals surface area contributed by atoms with Crippen molar-refractivity contribution in [3.63, 3.8) is 0 Å². The smallest absolute Gasteiger partial charge is 0.431 e. The van der Waals surface area contributed by atoms with E-state index in [0.29, 0.717) is 19.6 Å². The van der Waals surface area contributed by atoms with Gasteiger partial charge in [-0.15, -0.1) is 0 Å². The van der Waals surface area contributed by atoms with Crippen molar-refractivity contribution in [1.29, 1.82) is 0 Å². The van der Waals surface area contributed by atoms with Crippen molar-refractivity contribution in [2.24, 2.45) is 5.92 Å². The maximum atomic E-state index is 13.3. The van der Waals surface area contributed by atoms with Crippen LogP contribution >= 0.6 is 0 Å². The van der Waals surface area contributed by atoms with Gasteiger partial charge in [-0.1, -0.05) is 33.4 Å². The van der Waals surface area contributed by atoms with E-state index in [9.17, 15) is 9.59 Å². The molecule has 0 aromatic rings. The van der Waals surface area contributed by atoms with E-state index in [4.69, 9.17) is 28.2 Å². The molecule has 4 atom stereocenters. The van der Waals surface area contributed by atoms with E-state index in [0.717, 1.165) is 19.3 Å². The van der Waals surface area contributed by atoms with Gasteiger partial charge in [-0.2, -0.15) is 5.48 Å². The molecular weight excluding hydrogens is 508 g/mol. The molecule has 2 fully saturated rings. The van der Waals surface area contributed by atoms with Gasteiger partial charge in [0.25, 0.3) is 0 Å². The molecule has 38 heavy (non-hydrogen) atoms. The fourth-order valence-electron chi connectivity index (χ4n) is 4.20. The highest BCUT2D eigenvalue weighted by atomic mass is 28.4. The van der Waals surface area contributed by atoms with Gasteiger partial charge in [-0.25, -0.2) is 9.59 Å². The monoisotopic (exact) mass is 558 g/mol. The summed E-state index contributed by atoms with van der Waals surface area (Å²) in [5.41, 5.74) is 1.66. The second-order valence-electron chi connectivity index (χ2n) is 12.6. The summed E-state index contributed by atoms with van der Waals surface area (Å²) < 4.78 is 29.3. The molecule has 2 heterocycles. The Morgan fingerprint density at radius 1 is 1.16 bits per heavy atom. The number of likely N-dealkylation sites (tertiary alicyclic amines) is 1. The summed E-state index contributed by atoms with van der Waals surface area (Å²) in [7, 11) is -2.09. The summed E-state index contributed by atoms with van der Waals surface area (Å²) in [4.78, 5) is 32.5. The first-order chi connectivity index (χ1) is 17.6. The predicted octanol–water partition coefficient (Wildman–Crippen LogP) is 5.39. The third kappa shape index (κ3) is 10.5. The molecular formula is C27H50N2O8Si. The first-order valence-corrected chi connectivity index (χ1v) is 16.6. The van der Waals surface area contributed by atoms with E-state index in [1.807, 2.05) is 20.8 Å². The summed E-state index contributed by atoms with van der Waals surface area (Å²) in [6, 6.07) is -0.283. The Kier molecular flexibility index (Phi) is 12.1. The molecule has 10 nitrogen and oxygen atoms in total. The zero-order valence-corrected chi connectivity index (χ0v) is 25.7. The molecule has 0 aromatic carbocycles. The van der Waals surface area contributed by atoms with E-state index in [1.165, 1.54) is 6.08 Å². The van der Waals surface area contributed by atoms with Gasteiger partial charge in [0.2, 0.25) is 0 Å². The molecule has 0 saturated carbocycles. The SMILES string of the molecule is C=CCOC(=O)NOC[C@H](COC1CCCCO1)[C@@H]1C[C@@H](O[Si](C)(C)C(C)(C)C)CN1C(=O)OC(C)(C)C. The highest BCUT2D eigenvalue weighted by molar-refractivity contribution is 6.74. The number of amides is 2. The Labute approximate surface area is 229 Å². The topological polar surface area (TPSA) is 105 Å². The standard InChI is InChI=1S/C27H50N2O8Si/c1-10-14-33-24(30)28-35-19-20(18-34-23-13-11-12-15-32-23)22-16-21(37-38(8,9)27(5,6)7)17-29(22)25(31)36-26(2,3)4/h10,20-23H,1,11-19H2,2-9H3,(H,28,30)/t20-,21+,22-,23?/m0/s1. The number of hydroxylamine groups is 1. The lowest BCUT2D eigenvalue weighted by Crippen LogP contribution is -2.47. The number of carbonyl (C=O) groups excluding carboxylic acids is 2. The molecule has 2 saturated heterocycles. The normalized spacial score (nSPS) is 23.6. The Balaban J connectivity index is 2.22. The lowest BCUT2D eigenvalue weighted by Gasteiger charge is -2.38. The first-order valence-electron chi connectivity index (χ1n) is 13.7. The van der Waals surface area contributed by atoms with Crippen LogP contribution in [0.2, 0.25) is 18.1 Å². The molecule has 2 aliphatic rings. The van der Waals surface area contributed by atoms with E-state index in [1.54, 1.807) is 4.90 Å². The highest BCUT2D eigenvalue weighted by Gasteiger charge is 2.46. The third-order valence-electron chi connectivity index (χ3n) is 7.16. The van der Waals surface area contributed by atoms with Crippen LogP contribution < -0.4 is 5.48 Å². The maximum Gasteiger partial charge on any atom is 0.431 e. The fraction of sp³-hybridized carbons (Fsp3) is 0.852. The molecule has 220 valence electrons. The Morgan fingerprint density at radius 3 is 2.45 bits per heavy atom. The van der Waals surface area contributed by atoms with Crippen molar-refractivity contribution in [3.05, 3.63) is 12.7 Å². The quantitative estimate of drug-likeness (QED) is 0.204. The lowest BCUT2D eigenvalue weighted by molar-refractivity contribution is -0.176. The Morgan fingerprint density at radius 2 is 1.87 bits per heavy atom. The molecule has 2 aliphatic heterocycles. The summed E-state index contributed by atoms with van der Waals surface area (Å²) in [6.07, 6.45) is 3.39. The molecule has 0 spiro atoms. The average Bonchev–Trinajstić information content (AvgIpc) is 3.21. The molecule has 0 aromatic heterocycles. The van der Waals surface area contributed by atoms with Crippen molar-refractivity contribution in [2.75, 3.05) is 33.0 Å². The van der Waals surface area contributed by atoms with Gasteiger partial charge in [0, 0.05) is 25.1 Å². The van der Waals surface area contributed by atoms with Crippen LogP contribution in [0.5, 0.6) is 0 Å². The van der Waals surface area contributed by atoms with E-state index >= 15 is 0 Å². The number of nitrogens with one attached hydrogen (secondary N) is 1. The van der Waals surface area contributed by atoms with Crippen molar-refractivity contribution < 1.29 is 37.8 Å². The molecule has 1 unspecified atom stereocenters. The van der Waals surface area contributed by atoms with Crippen LogP contribution in [-0.2, 0) is 28.2 Å². The highest BCUT2D eigenvalue weighted by Crippen LogP contribution is 2.40. The Bertz CT molecular complexity index is 774. The predicted molar refractivity (Wildman–Crippen MR) is 147 cm³/mol. The largest absolute Gasteiger partial charge is 0.444 e. The molecule has 0 radical (unpaired) electrons. The molecule has 2 amide bonds. The average molecular weight is 559 g/mol. The van der Waals surface area contributed by atoms with Crippen molar-refractivity contribution >= 4 is 20.5 Å². The Hall–Kier alpha value is -1.66. The minimum absolute atomic E-state index is 0.0293. The van der Waals surface area contributed by atoms with Gasteiger partial charge in [-0.05, 0) is 64.6 Å². The van der Waals surface area contributed by atoms with Crippen LogP contribution in [0.1, 0.15) is 67.2 Å². The van der Waals surface area contributed by atoms with Crippen LogP contribution in [0, 0.1) is 5.92 Å². The number of ether oxygens (including phenoxy) is 4. The molecule has 11 heteroatoms. The summed E-state index contributed by atoms with van der Waals surface area (Å²) in [5, 5.41) is 0.0293. The van der Waals surface area contributed by atoms with Crippen molar-refractivity contribution in [1.82, 2.24) is 10.4 Å². The first kappa shape index (κ1) is 32.5. The minimum Gasteiger partial charge on any atom is -0.444 e. The van der Waals surface area contributed by atoms with Crippen LogP contribution in [0.3, 0.4) is 0 Å². The van der Waals surface area contributed by atoms with Crippen molar-refractivity contribution in [3.8, 4) is 0 Å². The van der Waals surface area contributed by atoms with Gasteiger partial charge >= 0.3 is 12.2 Å². The van der Waals surface area contributed by atoms with Gasteiger partial charge in [0.1, 0.15) is 12.2 Å². The van der Waals surface area contributed by atoms with Crippen LogP contribution in [0.25, 0.3) is 0 Å². The van der Waals surface area contributed by atoms with Gasteiger partial charge in [-0.3, -0.25) is 4.84 Å². The minimum atomic E-state index is -2.09. The van der Waals surface area contributed by atoms with Crippen LogP contribution in [0.4, 0.5) is 9.59 Å². The zero-order valence-electron chi connectivity index (χ0n) is 24.7. The van der Waals surface area contributed by atoms with E-state index < -0.39 is 26.1 Å². The third-order valence-corrected chi connectivity index (χ3v) is 11.7. The van der Waals surface area contributed by atoms with E-state index in [2.05, 4.69) is 45.9 Å². The molecule has 0 bridgehead atoms. The van der Waals surface area contributed by atoms with Crippen LogP contribution in [-0.4, -0.2) is 82.4 Å². The molecule has 0 aliphatic carbocycles. The summed E-state index contributed by atoms with van der Waals surface area (Å²) >= 11 is 0. The number of hydrogen-bond acceptors (Lipinski definition) is 8. The summed E-state index contributed by atoms with van der Waals surface area (Å²) in [6.45, 7) is 21.6. The number of rotatable bonds is 11. The second kappa shape index (κ2) is 14.1. The van der Waals surface area contributed by atoms with Crippen LogP contribution in [0.15, 0.2) is 12.7 Å². The van der Waals surface area contributed by atoms with Crippen molar-refractivity contribution in [2.45, 2.75) is 109 Å². The van der Waals surface area contributed by atoms with Gasteiger partial charge < -0.3 is 28.3 Å². The molecule has 2 rings (SSSR count). The second-order valence-corrected chi connectivity index (χ2v) is 17.4. The van der Waals surface area contributed by atoms with Gasteiger partial charge in [0.15, 0.2) is 14.6 Å². The number of hydrogen-bond donors (Lipinski definition) is 1. The maximum absolute atomic E-state index is 13.3. The number of nitrogens with zero attached hydrogens (tertiary/aromatic N) is 1. The molecule has 1 N–H and O–H groups in total. The summed E-state index contributed by atoms with van der Waals surface area (Å²) in [5.74, 6) is -0.277. The fourth-order valence-corrected chi connectivity index (χ4v) is 5.56.